The van der Waals surface area contributed by atoms with Gasteiger partial charge >= 0.3 is 0 Å². The van der Waals surface area contributed by atoms with Gasteiger partial charge in [-0.15, -0.1) is 0 Å². The minimum atomic E-state index is -0.170. The van der Waals surface area contributed by atoms with Gasteiger partial charge in [0, 0.05) is 30.9 Å². The summed E-state index contributed by atoms with van der Waals surface area (Å²) in [4.78, 5) is 12.1. The zero-order chi connectivity index (χ0) is 18.2. The maximum absolute atomic E-state index is 12.1. The van der Waals surface area contributed by atoms with Crippen LogP contribution in [0.2, 0.25) is 0 Å². The van der Waals surface area contributed by atoms with Gasteiger partial charge in [0.15, 0.2) is 6.61 Å². The molecule has 0 aliphatic carbocycles. The van der Waals surface area contributed by atoms with Gasteiger partial charge in [-0.2, -0.15) is 0 Å². The molecule has 0 unspecified atom stereocenters. The van der Waals surface area contributed by atoms with E-state index in [2.05, 4.69) is 10.6 Å². The van der Waals surface area contributed by atoms with Crippen molar-refractivity contribution >= 4 is 11.6 Å². The molecule has 0 aromatic heterocycles. The highest BCUT2D eigenvalue weighted by molar-refractivity contribution is 5.91. The van der Waals surface area contributed by atoms with Crippen LogP contribution in [0, 0.1) is 6.92 Å². The SMILES string of the molecule is Cc1ccc(NC(=O)COc2ccccc2CNC[C@H]2CCCO2)cc1. The molecule has 0 saturated carbocycles. The molecule has 2 aromatic rings. The fraction of sp³-hybridized carbons (Fsp3) is 0.381. The third kappa shape index (κ3) is 5.58. The van der Waals surface area contributed by atoms with Crippen LogP contribution in [0.1, 0.15) is 24.0 Å². The molecule has 1 amide bonds. The number of amides is 1. The highest BCUT2D eigenvalue weighted by Gasteiger charge is 2.15. The fourth-order valence-corrected chi connectivity index (χ4v) is 2.94. The van der Waals surface area contributed by atoms with E-state index in [1.807, 2.05) is 55.5 Å². The van der Waals surface area contributed by atoms with Crippen LogP contribution in [0.4, 0.5) is 5.69 Å². The summed E-state index contributed by atoms with van der Waals surface area (Å²) in [5.41, 5.74) is 2.97. The second kappa shape index (κ2) is 9.36. The molecule has 5 heteroatoms. The number of ether oxygens (including phenoxy) is 2. The summed E-state index contributed by atoms with van der Waals surface area (Å²) < 4.78 is 11.4. The van der Waals surface area contributed by atoms with E-state index in [0.717, 1.165) is 48.6 Å². The maximum Gasteiger partial charge on any atom is 0.262 e. The van der Waals surface area contributed by atoms with Crippen LogP contribution in [-0.2, 0) is 16.1 Å². The number of para-hydroxylation sites is 1. The highest BCUT2D eigenvalue weighted by Crippen LogP contribution is 2.18. The third-order valence-corrected chi connectivity index (χ3v) is 4.38. The van der Waals surface area contributed by atoms with Crippen LogP contribution in [0.3, 0.4) is 0 Å². The maximum atomic E-state index is 12.1. The van der Waals surface area contributed by atoms with Crippen molar-refractivity contribution in [1.29, 1.82) is 0 Å². The molecule has 26 heavy (non-hydrogen) atoms. The molecule has 0 spiro atoms. The summed E-state index contributed by atoms with van der Waals surface area (Å²) in [6.45, 7) is 4.38. The highest BCUT2D eigenvalue weighted by atomic mass is 16.5. The van der Waals surface area contributed by atoms with Gasteiger partial charge in [-0.05, 0) is 38.0 Å². The molecule has 3 rings (SSSR count). The Bertz CT molecular complexity index is 709. The van der Waals surface area contributed by atoms with E-state index in [1.54, 1.807) is 0 Å². The number of rotatable bonds is 8. The van der Waals surface area contributed by atoms with Crippen molar-refractivity contribution in [2.75, 3.05) is 25.1 Å². The van der Waals surface area contributed by atoms with E-state index in [1.165, 1.54) is 0 Å². The Balaban J connectivity index is 1.47. The van der Waals surface area contributed by atoms with Crippen LogP contribution < -0.4 is 15.4 Å². The molecule has 2 aromatic carbocycles. The zero-order valence-electron chi connectivity index (χ0n) is 15.2. The van der Waals surface area contributed by atoms with Gasteiger partial charge in [0.05, 0.1) is 6.10 Å². The van der Waals surface area contributed by atoms with E-state index < -0.39 is 0 Å². The van der Waals surface area contributed by atoms with E-state index in [9.17, 15) is 4.79 Å². The smallest absolute Gasteiger partial charge is 0.262 e. The Morgan fingerprint density at radius 3 is 2.77 bits per heavy atom. The van der Waals surface area contributed by atoms with Crippen LogP contribution >= 0.6 is 0 Å². The minimum absolute atomic E-state index is 0.0172. The Morgan fingerprint density at radius 2 is 2.00 bits per heavy atom. The molecule has 1 atom stereocenters. The van der Waals surface area contributed by atoms with Crippen molar-refractivity contribution in [2.45, 2.75) is 32.4 Å². The summed E-state index contributed by atoms with van der Waals surface area (Å²) in [5.74, 6) is 0.558. The largest absolute Gasteiger partial charge is 0.483 e. The lowest BCUT2D eigenvalue weighted by molar-refractivity contribution is -0.118. The standard InChI is InChI=1S/C21H26N2O3/c1-16-8-10-18(11-9-16)23-21(24)15-26-20-7-3-2-5-17(20)13-22-14-19-6-4-12-25-19/h2-3,5,7-11,19,22H,4,6,12-15H2,1H3,(H,23,24)/t19-/m1/s1. The molecule has 5 nitrogen and oxygen atoms in total. The first-order chi connectivity index (χ1) is 12.7. The van der Waals surface area contributed by atoms with E-state index in [0.29, 0.717) is 12.6 Å². The summed E-state index contributed by atoms with van der Waals surface area (Å²) in [6.07, 6.45) is 2.57. The summed E-state index contributed by atoms with van der Waals surface area (Å²) in [7, 11) is 0. The average Bonchev–Trinajstić information content (AvgIpc) is 3.16. The minimum Gasteiger partial charge on any atom is -0.483 e. The van der Waals surface area contributed by atoms with Crippen LogP contribution in [0.25, 0.3) is 0 Å². The first-order valence-corrected chi connectivity index (χ1v) is 9.10. The predicted molar refractivity (Wildman–Crippen MR) is 102 cm³/mol. The first kappa shape index (κ1) is 18.4. The van der Waals surface area contributed by atoms with Gasteiger partial charge in [0.25, 0.3) is 5.91 Å². The Kier molecular flexibility index (Phi) is 6.63. The topological polar surface area (TPSA) is 59.6 Å². The van der Waals surface area contributed by atoms with E-state index in [-0.39, 0.29) is 12.5 Å². The molecule has 1 fully saturated rings. The number of nitrogens with one attached hydrogen (secondary N) is 2. The Hall–Kier alpha value is -2.37. The molecule has 1 heterocycles. The van der Waals surface area contributed by atoms with Gasteiger partial charge in [-0.3, -0.25) is 4.79 Å². The van der Waals surface area contributed by atoms with E-state index >= 15 is 0 Å². The van der Waals surface area contributed by atoms with Crippen LogP contribution in [0.15, 0.2) is 48.5 Å². The average molecular weight is 354 g/mol. The van der Waals surface area contributed by atoms with Crippen LogP contribution in [0.5, 0.6) is 5.75 Å². The van der Waals surface area contributed by atoms with E-state index in [4.69, 9.17) is 9.47 Å². The molecule has 2 N–H and O–H groups in total. The molecule has 0 bridgehead atoms. The Labute approximate surface area is 154 Å². The van der Waals surface area contributed by atoms with Gasteiger partial charge < -0.3 is 20.1 Å². The number of hydrogen-bond acceptors (Lipinski definition) is 4. The number of carbonyl (C=O) groups is 1. The van der Waals surface area contributed by atoms with Gasteiger partial charge in [-0.1, -0.05) is 35.9 Å². The van der Waals surface area contributed by atoms with Crippen molar-refractivity contribution in [1.82, 2.24) is 5.32 Å². The zero-order valence-corrected chi connectivity index (χ0v) is 15.2. The third-order valence-electron chi connectivity index (χ3n) is 4.38. The molecule has 1 saturated heterocycles. The molecule has 1 aliphatic rings. The van der Waals surface area contributed by atoms with Crippen molar-refractivity contribution in [2.24, 2.45) is 0 Å². The molecular weight excluding hydrogens is 328 g/mol. The quantitative estimate of drug-likeness (QED) is 0.764. The fourth-order valence-electron chi connectivity index (χ4n) is 2.94. The van der Waals surface area contributed by atoms with Crippen molar-refractivity contribution in [3.63, 3.8) is 0 Å². The van der Waals surface area contributed by atoms with Crippen molar-refractivity contribution in [3.8, 4) is 5.75 Å². The molecule has 1 aliphatic heterocycles. The van der Waals surface area contributed by atoms with Gasteiger partial charge in [0.1, 0.15) is 5.75 Å². The number of anilines is 1. The Morgan fingerprint density at radius 1 is 1.19 bits per heavy atom. The number of carbonyl (C=O) groups excluding carboxylic acids is 1. The van der Waals surface area contributed by atoms with Gasteiger partial charge in [0.2, 0.25) is 0 Å². The predicted octanol–water partition coefficient (Wildman–Crippen LogP) is 3.28. The second-order valence-electron chi connectivity index (χ2n) is 6.58. The van der Waals surface area contributed by atoms with Crippen LogP contribution in [-0.4, -0.2) is 31.8 Å². The lowest BCUT2D eigenvalue weighted by atomic mass is 10.2. The number of hydrogen-bond donors (Lipinski definition) is 2. The van der Waals surface area contributed by atoms with Gasteiger partial charge in [-0.25, -0.2) is 0 Å². The van der Waals surface area contributed by atoms with Crippen molar-refractivity contribution < 1.29 is 14.3 Å². The molecule has 0 radical (unpaired) electrons. The second-order valence-corrected chi connectivity index (χ2v) is 6.58. The monoisotopic (exact) mass is 354 g/mol. The number of aryl methyl sites for hydroxylation is 1. The molecule has 138 valence electrons. The normalized spacial score (nSPS) is 16.4. The molecular formula is C21H26N2O3. The lowest BCUT2D eigenvalue weighted by Gasteiger charge is -2.14. The van der Waals surface area contributed by atoms with Crippen molar-refractivity contribution in [3.05, 3.63) is 59.7 Å². The number of benzene rings is 2. The first-order valence-electron chi connectivity index (χ1n) is 9.10. The summed E-state index contributed by atoms with van der Waals surface area (Å²) in [5, 5.41) is 6.25. The summed E-state index contributed by atoms with van der Waals surface area (Å²) >= 11 is 0. The summed E-state index contributed by atoms with van der Waals surface area (Å²) in [6, 6.07) is 15.5. The lowest BCUT2D eigenvalue weighted by Crippen LogP contribution is -2.26.